The van der Waals surface area contributed by atoms with E-state index in [9.17, 15) is 5.11 Å². The Labute approximate surface area is 126 Å². The van der Waals surface area contributed by atoms with Gasteiger partial charge in [-0.25, -0.2) is 0 Å². The number of aryl methyl sites for hydroxylation is 1. The molecule has 0 spiro atoms. The molecule has 0 aliphatic rings. The van der Waals surface area contributed by atoms with Crippen LogP contribution in [-0.2, 0) is 10.2 Å². The van der Waals surface area contributed by atoms with Crippen molar-refractivity contribution in [1.82, 2.24) is 0 Å². The van der Waals surface area contributed by atoms with E-state index in [0.29, 0.717) is 5.75 Å². The monoisotopic (exact) mass is 286 g/mol. The predicted octanol–water partition coefficient (Wildman–Crippen LogP) is 3.62. The molecule has 3 heteroatoms. The van der Waals surface area contributed by atoms with Crippen molar-refractivity contribution in [3.05, 3.63) is 65.2 Å². The van der Waals surface area contributed by atoms with Crippen molar-refractivity contribution in [3.63, 3.8) is 0 Å². The molecule has 0 bridgehead atoms. The zero-order valence-corrected chi connectivity index (χ0v) is 13.0. The summed E-state index contributed by atoms with van der Waals surface area (Å²) in [7, 11) is 1.39. The second-order valence-corrected chi connectivity index (χ2v) is 5.68. The summed E-state index contributed by atoms with van der Waals surface area (Å²) in [6.45, 7) is 5.24. The molecule has 0 radical (unpaired) electrons. The maximum atomic E-state index is 9.30. The van der Waals surface area contributed by atoms with E-state index in [1.807, 2.05) is 24.3 Å². The third kappa shape index (κ3) is 3.63. The Morgan fingerprint density at radius 1 is 0.905 bits per heavy atom. The van der Waals surface area contributed by atoms with Gasteiger partial charge in [0, 0.05) is 12.5 Å². The van der Waals surface area contributed by atoms with Crippen molar-refractivity contribution in [2.75, 3.05) is 7.11 Å². The molecule has 2 aromatic rings. The highest BCUT2D eigenvalue weighted by Crippen LogP contribution is 2.32. The van der Waals surface area contributed by atoms with E-state index in [0.717, 1.165) is 0 Å². The molecule has 3 nitrogen and oxygen atoms in total. The lowest BCUT2D eigenvalue weighted by atomic mass is 9.78. The fourth-order valence-electron chi connectivity index (χ4n) is 2.25. The fraction of sp³-hybridized carbons (Fsp3) is 0.333. The van der Waals surface area contributed by atoms with Gasteiger partial charge in [-0.2, -0.15) is 0 Å². The molecule has 1 N–H and O–H groups in total. The molecule has 1 unspecified atom stereocenters. The van der Waals surface area contributed by atoms with Gasteiger partial charge in [0.25, 0.3) is 0 Å². The van der Waals surface area contributed by atoms with Crippen LogP contribution in [0.3, 0.4) is 0 Å². The topological polar surface area (TPSA) is 38.7 Å². The summed E-state index contributed by atoms with van der Waals surface area (Å²) in [6.07, 6.45) is 0. The molecule has 0 saturated carbocycles. The number of hydrogen-bond acceptors (Lipinski definition) is 3. The Hall–Kier alpha value is -1.84. The van der Waals surface area contributed by atoms with Gasteiger partial charge < -0.3 is 14.6 Å². The van der Waals surface area contributed by atoms with Gasteiger partial charge in [0.05, 0.1) is 0 Å². The summed E-state index contributed by atoms with van der Waals surface area (Å²) in [5.41, 5.74) is 3.61. The van der Waals surface area contributed by atoms with E-state index in [1.54, 1.807) is 0 Å². The molecule has 0 fully saturated rings. The SMILES string of the molecule is COC(O)Oc1ccc(C(C)(C)c2ccc(C)cc2)cc1. The van der Waals surface area contributed by atoms with E-state index >= 15 is 0 Å². The summed E-state index contributed by atoms with van der Waals surface area (Å²) in [6, 6.07) is 16.3. The summed E-state index contributed by atoms with van der Waals surface area (Å²) in [5.74, 6) is 0.577. The van der Waals surface area contributed by atoms with Crippen molar-refractivity contribution in [2.24, 2.45) is 0 Å². The molecule has 1 atom stereocenters. The van der Waals surface area contributed by atoms with Crippen LogP contribution in [0.25, 0.3) is 0 Å². The molecule has 21 heavy (non-hydrogen) atoms. The number of rotatable bonds is 5. The van der Waals surface area contributed by atoms with Gasteiger partial charge in [-0.15, -0.1) is 0 Å². The highest BCUT2D eigenvalue weighted by Gasteiger charge is 2.22. The third-order valence-electron chi connectivity index (χ3n) is 3.79. The maximum absolute atomic E-state index is 9.30. The van der Waals surface area contributed by atoms with Crippen LogP contribution in [0.15, 0.2) is 48.5 Å². The second kappa shape index (κ2) is 6.29. The summed E-state index contributed by atoms with van der Waals surface area (Å²) in [4.78, 5) is 0. The standard InChI is InChI=1S/C18H22O3/c1-13-5-7-14(8-6-13)18(2,3)15-9-11-16(12-10-15)21-17(19)20-4/h5-12,17,19H,1-4H3. The number of hydrogen-bond donors (Lipinski definition) is 1. The normalized spacial score (nSPS) is 13.0. The average Bonchev–Trinajstić information content (AvgIpc) is 2.48. The van der Waals surface area contributed by atoms with Crippen LogP contribution in [0, 0.1) is 6.92 Å². The molecule has 2 rings (SSSR count). The van der Waals surface area contributed by atoms with Crippen LogP contribution in [0.1, 0.15) is 30.5 Å². The zero-order valence-electron chi connectivity index (χ0n) is 13.0. The Bertz CT molecular complexity index is 570. The van der Waals surface area contributed by atoms with Gasteiger partial charge >= 0.3 is 6.48 Å². The maximum Gasteiger partial charge on any atom is 0.313 e. The summed E-state index contributed by atoms with van der Waals surface area (Å²) >= 11 is 0. The molecule has 0 aliphatic carbocycles. The number of ether oxygens (including phenoxy) is 2. The van der Waals surface area contributed by atoms with Crippen LogP contribution in [-0.4, -0.2) is 18.7 Å². The molecule has 2 aromatic carbocycles. The first-order chi connectivity index (χ1) is 9.93. The van der Waals surface area contributed by atoms with Gasteiger partial charge in [-0.05, 0) is 30.2 Å². The lowest BCUT2D eigenvalue weighted by Crippen LogP contribution is -2.19. The van der Waals surface area contributed by atoms with Crippen LogP contribution in [0.4, 0.5) is 0 Å². The second-order valence-electron chi connectivity index (χ2n) is 5.68. The number of aliphatic hydroxyl groups is 1. The summed E-state index contributed by atoms with van der Waals surface area (Å²) < 4.78 is 9.85. The minimum Gasteiger partial charge on any atom is -0.441 e. The Morgan fingerprint density at radius 2 is 1.38 bits per heavy atom. The predicted molar refractivity (Wildman–Crippen MR) is 83.4 cm³/mol. The van der Waals surface area contributed by atoms with Gasteiger partial charge in [0.2, 0.25) is 0 Å². The van der Waals surface area contributed by atoms with Gasteiger partial charge in [0.15, 0.2) is 0 Å². The first-order valence-electron chi connectivity index (χ1n) is 6.98. The smallest absolute Gasteiger partial charge is 0.313 e. The van der Waals surface area contributed by atoms with Crippen molar-refractivity contribution in [3.8, 4) is 5.75 Å². The van der Waals surface area contributed by atoms with Crippen LogP contribution >= 0.6 is 0 Å². The quantitative estimate of drug-likeness (QED) is 0.853. The first kappa shape index (κ1) is 15.5. The van der Waals surface area contributed by atoms with E-state index in [4.69, 9.17) is 4.74 Å². The fourth-order valence-corrected chi connectivity index (χ4v) is 2.25. The first-order valence-corrected chi connectivity index (χ1v) is 6.98. The van der Waals surface area contributed by atoms with Gasteiger partial charge in [-0.1, -0.05) is 55.8 Å². The highest BCUT2D eigenvalue weighted by molar-refractivity contribution is 5.40. The molecule has 0 saturated heterocycles. The van der Waals surface area contributed by atoms with Crippen molar-refractivity contribution in [2.45, 2.75) is 32.7 Å². The lowest BCUT2D eigenvalue weighted by Gasteiger charge is -2.26. The zero-order chi connectivity index (χ0) is 15.5. The largest absolute Gasteiger partial charge is 0.441 e. The highest BCUT2D eigenvalue weighted by atomic mass is 16.8. The minimum absolute atomic E-state index is 0.0912. The molecule has 112 valence electrons. The van der Waals surface area contributed by atoms with Crippen LogP contribution in [0.2, 0.25) is 0 Å². The van der Waals surface area contributed by atoms with E-state index in [2.05, 4.69) is 49.8 Å². The van der Waals surface area contributed by atoms with Crippen molar-refractivity contribution >= 4 is 0 Å². The molecule has 0 aliphatic heterocycles. The van der Waals surface area contributed by atoms with Crippen LogP contribution < -0.4 is 4.74 Å². The molecule has 0 amide bonds. The Kier molecular flexibility index (Phi) is 4.66. The van der Waals surface area contributed by atoms with E-state index < -0.39 is 6.48 Å². The molecular weight excluding hydrogens is 264 g/mol. The van der Waals surface area contributed by atoms with E-state index in [-0.39, 0.29) is 5.41 Å². The number of methoxy groups -OCH3 is 1. The molecule has 0 aromatic heterocycles. The lowest BCUT2D eigenvalue weighted by molar-refractivity contribution is -0.200. The van der Waals surface area contributed by atoms with Crippen LogP contribution in [0.5, 0.6) is 5.75 Å². The number of benzene rings is 2. The van der Waals surface area contributed by atoms with Crippen molar-refractivity contribution in [1.29, 1.82) is 0 Å². The number of aliphatic hydroxyl groups excluding tert-OH is 1. The molecule has 0 heterocycles. The third-order valence-corrected chi connectivity index (χ3v) is 3.79. The van der Waals surface area contributed by atoms with Crippen molar-refractivity contribution < 1.29 is 14.6 Å². The van der Waals surface area contributed by atoms with Gasteiger partial charge in [-0.3, -0.25) is 0 Å². The summed E-state index contributed by atoms with van der Waals surface area (Å²) in [5, 5.41) is 9.30. The van der Waals surface area contributed by atoms with Gasteiger partial charge in [0.1, 0.15) is 5.75 Å². The van der Waals surface area contributed by atoms with E-state index in [1.165, 1.54) is 23.8 Å². The molecular formula is C18H22O3. The Balaban J connectivity index is 2.22. The Morgan fingerprint density at radius 3 is 1.86 bits per heavy atom. The minimum atomic E-state index is -1.24. The average molecular weight is 286 g/mol.